The lowest BCUT2D eigenvalue weighted by molar-refractivity contribution is 0.258. The molecule has 2 unspecified atom stereocenters. The molecule has 1 aromatic rings. The quantitative estimate of drug-likeness (QED) is 0.748. The third-order valence-corrected chi connectivity index (χ3v) is 4.59. The third kappa shape index (κ3) is 3.85. The highest BCUT2D eigenvalue weighted by Gasteiger charge is 2.34. The molecule has 2 atom stereocenters. The van der Waals surface area contributed by atoms with Crippen LogP contribution in [0.3, 0.4) is 0 Å². The summed E-state index contributed by atoms with van der Waals surface area (Å²) in [4.78, 5) is 0. The predicted octanol–water partition coefficient (Wildman–Crippen LogP) is 0.681. The van der Waals surface area contributed by atoms with Gasteiger partial charge < -0.3 is 18.6 Å². The number of hydrogen-bond acceptors (Lipinski definition) is 5. The summed E-state index contributed by atoms with van der Waals surface area (Å²) in [6, 6.07) is 8.12. The minimum absolute atomic E-state index is 0.160. The molecule has 21 heavy (non-hydrogen) atoms. The van der Waals surface area contributed by atoms with Crippen molar-refractivity contribution in [3.8, 4) is 0 Å². The Morgan fingerprint density at radius 3 is 2.24 bits per heavy atom. The summed E-state index contributed by atoms with van der Waals surface area (Å²) in [5.74, 6) is 2.10. The molecule has 0 spiro atoms. The maximum Gasteiger partial charge on any atom is 0.494 e. The van der Waals surface area contributed by atoms with E-state index in [0.29, 0.717) is 13.2 Å². The Hall–Kier alpha value is -0.460. The Labute approximate surface area is 131 Å². The Bertz CT molecular complexity index is 459. The first-order valence-corrected chi connectivity index (χ1v) is 8.63. The molecule has 0 N–H and O–H groups in total. The highest BCUT2D eigenvalue weighted by Crippen LogP contribution is 2.14. The molecule has 2 saturated heterocycles. The molecule has 2 aliphatic heterocycles. The van der Waals surface area contributed by atoms with Crippen LogP contribution in [-0.4, -0.2) is 51.2 Å². The van der Waals surface area contributed by atoms with Crippen LogP contribution in [-0.2, 0) is 18.6 Å². The van der Waals surface area contributed by atoms with Crippen molar-refractivity contribution in [2.24, 2.45) is 0 Å². The van der Waals surface area contributed by atoms with Crippen LogP contribution in [0.15, 0.2) is 24.3 Å². The van der Waals surface area contributed by atoms with Crippen molar-refractivity contribution in [2.75, 3.05) is 24.7 Å². The molecule has 7 heteroatoms. The molecule has 4 nitrogen and oxygen atoms in total. The van der Waals surface area contributed by atoms with E-state index in [0.717, 1.165) is 22.4 Å². The van der Waals surface area contributed by atoms with E-state index in [2.05, 4.69) is 6.92 Å². The molecule has 2 heterocycles. The molecule has 0 aromatic heterocycles. The fourth-order valence-electron chi connectivity index (χ4n) is 2.46. The highest BCUT2D eigenvalue weighted by molar-refractivity contribution is 7.99. The van der Waals surface area contributed by atoms with Gasteiger partial charge in [-0.05, 0) is 23.6 Å². The van der Waals surface area contributed by atoms with E-state index < -0.39 is 0 Å². The molecule has 0 saturated carbocycles. The van der Waals surface area contributed by atoms with Crippen LogP contribution < -0.4 is 10.9 Å². The zero-order valence-electron chi connectivity index (χ0n) is 12.5. The van der Waals surface area contributed by atoms with Gasteiger partial charge in [-0.1, -0.05) is 31.2 Å². The normalized spacial score (nSPS) is 25.8. The van der Waals surface area contributed by atoms with Crippen molar-refractivity contribution in [1.82, 2.24) is 0 Å². The smallest absolute Gasteiger partial charge is 0.405 e. The van der Waals surface area contributed by atoms with Crippen LogP contribution in [0.5, 0.6) is 0 Å². The molecule has 0 aliphatic carbocycles. The largest absolute Gasteiger partial charge is 0.494 e. The lowest BCUT2D eigenvalue weighted by Crippen LogP contribution is -2.37. The third-order valence-electron chi connectivity index (χ3n) is 3.58. The summed E-state index contributed by atoms with van der Waals surface area (Å²) in [5.41, 5.74) is 2.09. The van der Waals surface area contributed by atoms with Gasteiger partial charge in [-0.3, -0.25) is 0 Å². The summed E-state index contributed by atoms with van der Waals surface area (Å²) in [6.07, 6.45) is 0.356. The molecule has 2 fully saturated rings. The predicted molar refractivity (Wildman–Crippen MR) is 87.5 cm³/mol. The number of hydrogen-bond donors (Lipinski definition) is 0. The van der Waals surface area contributed by atoms with Crippen LogP contribution in [0.4, 0.5) is 0 Å². The van der Waals surface area contributed by atoms with Gasteiger partial charge in [-0.15, -0.1) is 0 Å². The second-order valence-corrected chi connectivity index (χ2v) is 6.68. The molecule has 0 bridgehead atoms. The SMILES string of the molecule is CCSCC1COB(c2ccc(B3OCC(C)O3)cc2)O1. The van der Waals surface area contributed by atoms with Crippen LogP contribution >= 0.6 is 11.8 Å². The first-order valence-electron chi connectivity index (χ1n) is 7.48. The molecule has 1 aromatic carbocycles. The molecular formula is C14H20B2O4S. The summed E-state index contributed by atoms with van der Waals surface area (Å²) in [5, 5.41) is 0. The standard InChI is InChI=1S/C14H20B2O4S/c1-3-21-10-14-9-18-16(20-14)13-6-4-12(5-7-13)15-17-8-11(2)19-15/h4-7,11,14H,3,8-10H2,1-2H3. The summed E-state index contributed by atoms with van der Waals surface area (Å²) in [7, 11) is -0.487. The van der Waals surface area contributed by atoms with E-state index in [-0.39, 0.29) is 26.4 Å². The number of benzene rings is 1. The van der Waals surface area contributed by atoms with Crippen LogP contribution in [0.25, 0.3) is 0 Å². The fourth-order valence-corrected chi connectivity index (χ4v) is 3.13. The van der Waals surface area contributed by atoms with Crippen LogP contribution in [0.2, 0.25) is 0 Å². The van der Waals surface area contributed by atoms with E-state index in [9.17, 15) is 0 Å². The van der Waals surface area contributed by atoms with E-state index >= 15 is 0 Å². The minimum Gasteiger partial charge on any atom is -0.405 e. The van der Waals surface area contributed by atoms with Gasteiger partial charge in [0.1, 0.15) is 0 Å². The van der Waals surface area contributed by atoms with Gasteiger partial charge in [-0.2, -0.15) is 11.8 Å². The Morgan fingerprint density at radius 2 is 1.67 bits per heavy atom. The first-order chi connectivity index (χ1) is 10.3. The lowest BCUT2D eigenvalue weighted by atomic mass is 9.74. The van der Waals surface area contributed by atoms with Crippen LogP contribution in [0.1, 0.15) is 13.8 Å². The Kier molecular flexibility index (Phi) is 5.29. The average Bonchev–Trinajstić information content (AvgIpc) is 3.14. The minimum atomic E-state index is -0.245. The molecule has 0 radical (unpaired) electrons. The van der Waals surface area contributed by atoms with E-state index in [1.165, 1.54) is 0 Å². The van der Waals surface area contributed by atoms with Crippen LogP contribution in [0, 0.1) is 0 Å². The first kappa shape index (κ1) is 15.4. The van der Waals surface area contributed by atoms with Gasteiger partial charge in [0.05, 0.1) is 25.4 Å². The van der Waals surface area contributed by atoms with Gasteiger partial charge in [0.15, 0.2) is 0 Å². The van der Waals surface area contributed by atoms with Crippen molar-refractivity contribution < 1.29 is 18.6 Å². The van der Waals surface area contributed by atoms with Crippen molar-refractivity contribution in [1.29, 1.82) is 0 Å². The maximum atomic E-state index is 5.93. The monoisotopic (exact) mass is 306 g/mol. The fraction of sp³-hybridized carbons (Fsp3) is 0.571. The van der Waals surface area contributed by atoms with Crippen molar-refractivity contribution >= 4 is 36.9 Å². The lowest BCUT2D eigenvalue weighted by Gasteiger charge is -2.10. The second kappa shape index (κ2) is 7.20. The highest BCUT2D eigenvalue weighted by atomic mass is 32.2. The Balaban J connectivity index is 1.57. The van der Waals surface area contributed by atoms with Gasteiger partial charge in [0.25, 0.3) is 0 Å². The van der Waals surface area contributed by atoms with Gasteiger partial charge in [0, 0.05) is 5.75 Å². The maximum absolute atomic E-state index is 5.93. The molecular weight excluding hydrogens is 286 g/mol. The molecule has 112 valence electrons. The topological polar surface area (TPSA) is 36.9 Å². The molecule has 2 aliphatic rings. The second-order valence-electron chi connectivity index (χ2n) is 5.36. The van der Waals surface area contributed by atoms with E-state index in [4.69, 9.17) is 18.6 Å². The van der Waals surface area contributed by atoms with Crippen molar-refractivity contribution in [2.45, 2.75) is 26.1 Å². The van der Waals surface area contributed by atoms with Gasteiger partial charge >= 0.3 is 14.2 Å². The number of rotatable bonds is 5. The molecule has 0 amide bonds. The zero-order chi connectivity index (χ0) is 14.7. The summed E-state index contributed by atoms with van der Waals surface area (Å²) < 4.78 is 22.9. The summed E-state index contributed by atoms with van der Waals surface area (Å²) in [6.45, 7) is 5.50. The zero-order valence-corrected chi connectivity index (χ0v) is 13.3. The van der Waals surface area contributed by atoms with Gasteiger partial charge in [0.2, 0.25) is 0 Å². The Morgan fingerprint density at radius 1 is 1.05 bits per heavy atom. The van der Waals surface area contributed by atoms with E-state index in [1.807, 2.05) is 43.0 Å². The van der Waals surface area contributed by atoms with E-state index in [1.54, 1.807) is 0 Å². The average molecular weight is 306 g/mol. The van der Waals surface area contributed by atoms with Gasteiger partial charge in [-0.25, -0.2) is 0 Å². The summed E-state index contributed by atoms with van der Waals surface area (Å²) >= 11 is 1.88. The van der Waals surface area contributed by atoms with Crippen molar-refractivity contribution in [3.63, 3.8) is 0 Å². The molecule has 3 rings (SSSR count). The van der Waals surface area contributed by atoms with Crippen molar-refractivity contribution in [3.05, 3.63) is 24.3 Å². The number of thioether (sulfide) groups is 1.